The minimum Gasteiger partial charge on any atom is -0.386 e. The van der Waals surface area contributed by atoms with E-state index in [1.165, 1.54) is 6.20 Å². The summed E-state index contributed by atoms with van der Waals surface area (Å²) in [5.41, 5.74) is -0.278. The van der Waals surface area contributed by atoms with Gasteiger partial charge in [0.2, 0.25) is 0 Å². The molecule has 1 aliphatic carbocycles. The molecule has 0 aliphatic heterocycles. The van der Waals surface area contributed by atoms with Crippen LogP contribution < -0.4 is 0 Å². The van der Waals surface area contributed by atoms with Gasteiger partial charge >= 0.3 is 6.18 Å². The molecule has 1 aromatic carbocycles. The van der Waals surface area contributed by atoms with Crippen LogP contribution in [0, 0.1) is 5.92 Å². The summed E-state index contributed by atoms with van der Waals surface area (Å²) in [7, 11) is 0. The average Bonchev–Trinajstić information content (AvgIpc) is 2.86. The standard InChI is InChI=1S/C18H16F3NO3/c1-2-25-17-12-9-10(18(19,20)21)6-7-11(12)15(23)14(17)16(24)13-5-3-4-8-22-13/h3-9,14,16-17,24H,2H2,1H3. The van der Waals surface area contributed by atoms with E-state index >= 15 is 0 Å². The van der Waals surface area contributed by atoms with Crippen molar-refractivity contribution in [2.75, 3.05) is 6.61 Å². The molecule has 3 unspecified atom stereocenters. The third-order valence-electron chi connectivity index (χ3n) is 4.26. The molecule has 132 valence electrons. The number of aliphatic hydroxyl groups excluding tert-OH is 1. The second-order valence-electron chi connectivity index (χ2n) is 5.77. The number of hydrogen-bond donors (Lipinski definition) is 1. The van der Waals surface area contributed by atoms with Crippen molar-refractivity contribution in [3.63, 3.8) is 0 Å². The van der Waals surface area contributed by atoms with Crippen molar-refractivity contribution in [2.45, 2.75) is 25.3 Å². The lowest BCUT2D eigenvalue weighted by Crippen LogP contribution is -2.24. The first kappa shape index (κ1) is 17.6. The maximum absolute atomic E-state index is 13.0. The molecular formula is C18H16F3NO3. The molecular weight excluding hydrogens is 335 g/mol. The molecule has 1 heterocycles. The second-order valence-corrected chi connectivity index (χ2v) is 5.77. The Morgan fingerprint density at radius 1 is 1.28 bits per heavy atom. The Kier molecular flexibility index (Phi) is 4.62. The van der Waals surface area contributed by atoms with Crippen molar-refractivity contribution < 1.29 is 27.8 Å². The molecule has 1 aromatic heterocycles. The van der Waals surface area contributed by atoms with Gasteiger partial charge in [0.15, 0.2) is 5.78 Å². The van der Waals surface area contributed by atoms with Crippen LogP contribution in [0.2, 0.25) is 0 Å². The predicted octanol–water partition coefficient (Wildman–Crippen LogP) is 3.72. The van der Waals surface area contributed by atoms with Crippen LogP contribution >= 0.6 is 0 Å². The Morgan fingerprint density at radius 2 is 2.04 bits per heavy atom. The van der Waals surface area contributed by atoms with Gasteiger partial charge in [0.05, 0.1) is 23.3 Å². The molecule has 0 bridgehead atoms. The number of rotatable bonds is 4. The number of benzene rings is 1. The van der Waals surface area contributed by atoms with Gasteiger partial charge in [-0.05, 0) is 36.8 Å². The Hall–Kier alpha value is -2.25. The zero-order valence-corrected chi connectivity index (χ0v) is 13.3. The third-order valence-corrected chi connectivity index (χ3v) is 4.26. The summed E-state index contributed by atoms with van der Waals surface area (Å²) in [4.78, 5) is 16.7. The highest BCUT2D eigenvalue weighted by Gasteiger charge is 2.46. The fourth-order valence-electron chi connectivity index (χ4n) is 3.13. The summed E-state index contributed by atoms with van der Waals surface area (Å²) in [5.74, 6) is -1.48. The van der Waals surface area contributed by atoms with Crippen LogP contribution in [0.25, 0.3) is 0 Å². The molecule has 0 saturated carbocycles. The van der Waals surface area contributed by atoms with Crippen molar-refractivity contribution in [1.29, 1.82) is 0 Å². The van der Waals surface area contributed by atoms with E-state index in [9.17, 15) is 23.1 Å². The van der Waals surface area contributed by atoms with Crippen LogP contribution in [-0.4, -0.2) is 22.5 Å². The van der Waals surface area contributed by atoms with E-state index in [1.54, 1.807) is 25.1 Å². The number of nitrogens with zero attached hydrogens (tertiary/aromatic N) is 1. The number of aliphatic hydroxyl groups is 1. The fourth-order valence-corrected chi connectivity index (χ4v) is 3.13. The minimum absolute atomic E-state index is 0.145. The lowest BCUT2D eigenvalue weighted by Gasteiger charge is -2.24. The minimum atomic E-state index is -4.52. The Balaban J connectivity index is 2.04. The number of ketones is 1. The number of hydrogen-bond acceptors (Lipinski definition) is 4. The molecule has 3 rings (SSSR count). The van der Waals surface area contributed by atoms with Crippen LogP contribution in [0.5, 0.6) is 0 Å². The largest absolute Gasteiger partial charge is 0.416 e. The summed E-state index contributed by atoms with van der Waals surface area (Å²) in [6.45, 7) is 1.87. The zero-order valence-electron chi connectivity index (χ0n) is 13.3. The SMILES string of the molecule is CCOC1c2cc(C(F)(F)F)ccc2C(=O)C1C(O)c1ccccn1. The lowest BCUT2D eigenvalue weighted by molar-refractivity contribution is -0.137. The number of carbonyl (C=O) groups excluding carboxylic acids is 1. The Morgan fingerprint density at radius 3 is 2.64 bits per heavy atom. The quantitative estimate of drug-likeness (QED) is 0.912. The number of aromatic nitrogens is 1. The van der Waals surface area contributed by atoms with Gasteiger partial charge in [-0.2, -0.15) is 13.2 Å². The van der Waals surface area contributed by atoms with E-state index in [1.807, 2.05) is 0 Å². The van der Waals surface area contributed by atoms with E-state index in [4.69, 9.17) is 4.74 Å². The predicted molar refractivity (Wildman–Crippen MR) is 82.8 cm³/mol. The van der Waals surface area contributed by atoms with Crippen molar-refractivity contribution in [3.8, 4) is 0 Å². The number of alkyl halides is 3. The van der Waals surface area contributed by atoms with Gasteiger partial charge in [-0.3, -0.25) is 9.78 Å². The number of fused-ring (bicyclic) bond motifs is 1. The molecule has 0 spiro atoms. The van der Waals surface area contributed by atoms with E-state index in [2.05, 4.69) is 4.98 Å². The van der Waals surface area contributed by atoms with Crippen LogP contribution in [0.4, 0.5) is 13.2 Å². The highest BCUT2D eigenvalue weighted by molar-refractivity contribution is 6.03. The second kappa shape index (κ2) is 6.57. The number of halogens is 3. The van der Waals surface area contributed by atoms with Crippen LogP contribution in [0.1, 0.15) is 46.3 Å². The first-order chi connectivity index (χ1) is 11.8. The molecule has 3 atom stereocenters. The first-order valence-electron chi connectivity index (χ1n) is 7.80. The molecule has 0 amide bonds. The smallest absolute Gasteiger partial charge is 0.386 e. The van der Waals surface area contributed by atoms with Crippen LogP contribution in [0.3, 0.4) is 0 Å². The normalized spacial score (nSPS) is 21.2. The molecule has 4 nitrogen and oxygen atoms in total. The monoisotopic (exact) mass is 351 g/mol. The van der Waals surface area contributed by atoms with Gasteiger partial charge in [0.1, 0.15) is 6.10 Å². The first-order valence-corrected chi connectivity index (χ1v) is 7.80. The van der Waals surface area contributed by atoms with Crippen molar-refractivity contribution in [3.05, 3.63) is 65.0 Å². The maximum atomic E-state index is 13.0. The highest BCUT2D eigenvalue weighted by atomic mass is 19.4. The molecule has 0 saturated heterocycles. The van der Waals surface area contributed by atoms with Gasteiger partial charge in [-0.25, -0.2) is 0 Å². The highest BCUT2D eigenvalue weighted by Crippen LogP contribution is 2.46. The maximum Gasteiger partial charge on any atom is 0.416 e. The number of ether oxygens (including phenoxy) is 1. The number of carbonyl (C=O) groups is 1. The summed E-state index contributed by atoms with van der Waals surface area (Å²) < 4.78 is 44.6. The molecule has 25 heavy (non-hydrogen) atoms. The van der Waals surface area contributed by atoms with E-state index in [-0.39, 0.29) is 23.4 Å². The summed E-state index contributed by atoms with van der Waals surface area (Å²) in [5, 5.41) is 10.6. The lowest BCUT2D eigenvalue weighted by atomic mass is 9.93. The van der Waals surface area contributed by atoms with E-state index in [0.717, 1.165) is 18.2 Å². The average molecular weight is 351 g/mol. The molecule has 0 radical (unpaired) electrons. The number of Topliss-reactive ketones (excluding diaryl/α,β-unsaturated/α-hetero) is 1. The molecule has 1 aliphatic rings. The third kappa shape index (κ3) is 3.17. The van der Waals surface area contributed by atoms with Crippen LogP contribution in [-0.2, 0) is 10.9 Å². The van der Waals surface area contributed by atoms with Crippen molar-refractivity contribution in [1.82, 2.24) is 4.98 Å². The van der Waals surface area contributed by atoms with Gasteiger partial charge in [0.25, 0.3) is 0 Å². The Bertz CT molecular complexity index is 777. The fraction of sp³-hybridized carbons (Fsp3) is 0.333. The number of pyridine rings is 1. The topological polar surface area (TPSA) is 59.4 Å². The molecule has 0 fully saturated rings. The summed E-state index contributed by atoms with van der Waals surface area (Å²) in [6, 6.07) is 7.84. The van der Waals surface area contributed by atoms with E-state index < -0.39 is 35.6 Å². The van der Waals surface area contributed by atoms with Gasteiger partial charge in [-0.1, -0.05) is 12.1 Å². The molecule has 7 heteroatoms. The van der Waals surface area contributed by atoms with E-state index in [0.29, 0.717) is 0 Å². The Labute approximate surface area is 142 Å². The summed E-state index contributed by atoms with van der Waals surface area (Å²) >= 11 is 0. The van der Waals surface area contributed by atoms with Gasteiger partial charge in [0, 0.05) is 18.4 Å². The van der Waals surface area contributed by atoms with Crippen molar-refractivity contribution in [2.24, 2.45) is 5.92 Å². The van der Waals surface area contributed by atoms with Crippen molar-refractivity contribution >= 4 is 5.78 Å². The molecule has 2 aromatic rings. The van der Waals surface area contributed by atoms with Gasteiger partial charge < -0.3 is 9.84 Å². The summed E-state index contributed by atoms with van der Waals surface area (Å²) in [6.07, 6.45) is -5.27. The van der Waals surface area contributed by atoms with Crippen LogP contribution in [0.15, 0.2) is 42.6 Å². The zero-order chi connectivity index (χ0) is 18.2. The molecule has 1 N–H and O–H groups in total. The van der Waals surface area contributed by atoms with Gasteiger partial charge in [-0.15, -0.1) is 0 Å².